The molecule has 178 valence electrons. The Morgan fingerprint density at radius 2 is 1.66 bits per heavy atom. The number of anilines is 1. The maximum atomic E-state index is 13.2. The zero-order valence-corrected chi connectivity index (χ0v) is 19.9. The van der Waals surface area contributed by atoms with E-state index in [0.717, 1.165) is 5.56 Å². The summed E-state index contributed by atoms with van der Waals surface area (Å²) < 4.78 is 5.45. The topological polar surface area (TPSA) is 105 Å². The van der Waals surface area contributed by atoms with Gasteiger partial charge in [-0.1, -0.05) is 30.3 Å². The van der Waals surface area contributed by atoms with E-state index in [9.17, 15) is 14.4 Å². The summed E-state index contributed by atoms with van der Waals surface area (Å²) in [6.45, 7) is 0.639. The number of carbonyl (C=O) groups excluding carboxylic acids is 3. The van der Waals surface area contributed by atoms with E-state index >= 15 is 0 Å². The standard InChI is InChI=1S/C26H24N4O4S/c1-27-24(32)20-11-9-18(10-12-20)15-30(16-22-8-5-13-34-22)23(31)14-21-17-35-26(28-21)29-25(33)19-6-3-2-4-7-19/h2-13,17H,14-16H2,1H3,(H,27,32)(H,28,29,33). The summed E-state index contributed by atoms with van der Waals surface area (Å²) in [6, 6.07) is 19.6. The molecule has 35 heavy (non-hydrogen) atoms. The van der Waals surface area contributed by atoms with Gasteiger partial charge >= 0.3 is 0 Å². The summed E-state index contributed by atoms with van der Waals surface area (Å²) in [5, 5.41) is 7.56. The van der Waals surface area contributed by atoms with Gasteiger partial charge in [0.25, 0.3) is 11.8 Å². The Hall–Kier alpha value is -4.24. The smallest absolute Gasteiger partial charge is 0.257 e. The van der Waals surface area contributed by atoms with Gasteiger partial charge in [-0.15, -0.1) is 11.3 Å². The van der Waals surface area contributed by atoms with E-state index in [2.05, 4.69) is 15.6 Å². The molecule has 0 bridgehead atoms. The van der Waals surface area contributed by atoms with Crippen LogP contribution in [0.4, 0.5) is 5.13 Å². The highest BCUT2D eigenvalue weighted by atomic mass is 32.1. The van der Waals surface area contributed by atoms with Crippen LogP contribution >= 0.6 is 11.3 Å². The molecule has 0 unspecified atom stereocenters. The van der Waals surface area contributed by atoms with Gasteiger partial charge in [-0.05, 0) is 42.0 Å². The molecular weight excluding hydrogens is 464 g/mol. The number of nitrogens with one attached hydrogen (secondary N) is 2. The normalized spacial score (nSPS) is 10.5. The second-order valence-electron chi connectivity index (χ2n) is 7.75. The summed E-state index contributed by atoms with van der Waals surface area (Å²) in [4.78, 5) is 43.5. The maximum Gasteiger partial charge on any atom is 0.257 e. The fourth-order valence-electron chi connectivity index (χ4n) is 3.42. The summed E-state index contributed by atoms with van der Waals surface area (Å²) >= 11 is 1.27. The summed E-state index contributed by atoms with van der Waals surface area (Å²) in [5.74, 6) is 0.105. The SMILES string of the molecule is CNC(=O)c1ccc(CN(Cc2ccco2)C(=O)Cc2csc(NC(=O)c3ccccc3)n2)cc1. The number of nitrogens with zero attached hydrogens (tertiary/aromatic N) is 2. The third-order valence-electron chi connectivity index (χ3n) is 5.24. The highest BCUT2D eigenvalue weighted by Crippen LogP contribution is 2.19. The Kier molecular flexibility index (Phi) is 7.69. The molecular formula is C26H24N4O4S. The molecule has 0 atom stereocenters. The molecule has 4 aromatic rings. The number of furan rings is 1. The molecule has 0 saturated carbocycles. The largest absolute Gasteiger partial charge is 0.467 e. The molecule has 8 nitrogen and oxygen atoms in total. The number of hydrogen-bond acceptors (Lipinski definition) is 6. The van der Waals surface area contributed by atoms with Crippen molar-refractivity contribution in [3.8, 4) is 0 Å². The van der Waals surface area contributed by atoms with E-state index in [-0.39, 0.29) is 24.1 Å². The summed E-state index contributed by atoms with van der Waals surface area (Å²) in [7, 11) is 1.58. The first-order valence-electron chi connectivity index (χ1n) is 10.9. The van der Waals surface area contributed by atoms with Crippen molar-refractivity contribution in [2.75, 3.05) is 12.4 Å². The second-order valence-corrected chi connectivity index (χ2v) is 8.60. The van der Waals surface area contributed by atoms with Crippen LogP contribution in [0.5, 0.6) is 0 Å². The van der Waals surface area contributed by atoms with Crippen molar-refractivity contribution in [1.29, 1.82) is 0 Å². The van der Waals surface area contributed by atoms with E-state index in [0.29, 0.717) is 40.8 Å². The zero-order valence-electron chi connectivity index (χ0n) is 19.1. The number of amides is 3. The van der Waals surface area contributed by atoms with Gasteiger partial charge in [0, 0.05) is 30.1 Å². The minimum atomic E-state index is -0.252. The number of carbonyl (C=O) groups is 3. The van der Waals surface area contributed by atoms with Crippen LogP contribution in [0.1, 0.15) is 37.7 Å². The van der Waals surface area contributed by atoms with E-state index in [1.165, 1.54) is 11.3 Å². The Labute approximate surface area is 206 Å². The average molecular weight is 489 g/mol. The molecule has 4 rings (SSSR count). The van der Waals surface area contributed by atoms with Gasteiger partial charge in [-0.2, -0.15) is 0 Å². The van der Waals surface area contributed by atoms with Crippen LogP contribution in [0.15, 0.2) is 82.8 Å². The highest BCUT2D eigenvalue weighted by molar-refractivity contribution is 7.14. The first-order chi connectivity index (χ1) is 17.0. The fraction of sp³-hybridized carbons (Fsp3) is 0.154. The quantitative estimate of drug-likeness (QED) is 0.369. The third-order valence-corrected chi connectivity index (χ3v) is 6.04. The van der Waals surface area contributed by atoms with Crippen LogP contribution in [-0.4, -0.2) is 34.7 Å². The molecule has 3 amide bonds. The number of hydrogen-bond donors (Lipinski definition) is 2. The molecule has 0 aliphatic heterocycles. The molecule has 0 aliphatic carbocycles. The lowest BCUT2D eigenvalue weighted by Gasteiger charge is -2.22. The molecule has 0 aliphatic rings. The van der Waals surface area contributed by atoms with Crippen LogP contribution in [0, 0.1) is 0 Å². The molecule has 9 heteroatoms. The van der Waals surface area contributed by atoms with Crippen molar-refractivity contribution >= 4 is 34.2 Å². The Balaban J connectivity index is 1.43. The van der Waals surface area contributed by atoms with Crippen molar-refractivity contribution in [3.05, 3.63) is 107 Å². The van der Waals surface area contributed by atoms with Crippen LogP contribution in [-0.2, 0) is 24.3 Å². The van der Waals surface area contributed by atoms with Crippen LogP contribution in [0.3, 0.4) is 0 Å². The van der Waals surface area contributed by atoms with Crippen LogP contribution < -0.4 is 10.6 Å². The molecule has 2 aromatic heterocycles. The first-order valence-corrected chi connectivity index (χ1v) is 11.8. The fourth-order valence-corrected chi connectivity index (χ4v) is 4.13. The van der Waals surface area contributed by atoms with Gasteiger partial charge in [-0.25, -0.2) is 4.98 Å². The van der Waals surface area contributed by atoms with E-state index in [1.807, 2.05) is 24.3 Å². The molecule has 2 N–H and O–H groups in total. The lowest BCUT2D eigenvalue weighted by molar-refractivity contribution is -0.132. The van der Waals surface area contributed by atoms with Crippen molar-refractivity contribution in [1.82, 2.24) is 15.2 Å². The predicted octanol–water partition coefficient (Wildman–Crippen LogP) is 4.12. The van der Waals surface area contributed by atoms with Gasteiger partial charge < -0.3 is 14.6 Å². The maximum absolute atomic E-state index is 13.2. The minimum Gasteiger partial charge on any atom is -0.467 e. The molecule has 0 saturated heterocycles. The van der Waals surface area contributed by atoms with Gasteiger partial charge in [-0.3, -0.25) is 19.7 Å². The molecule has 2 heterocycles. The average Bonchev–Trinajstić information content (AvgIpc) is 3.56. The predicted molar refractivity (Wildman–Crippen MR) is 133 cm³/mol. The lowest BCUT2D eigenvalue weighted by Crippen LogP contribution is -2.31. The van der Waals surface area contributed by atoms with Gasteiger partial charge in [0.05, 0.1) is 24.9 Å². The number of rotatable bonds is 9. The van der Waals surface area contributed by atoms with E-state index < -0.39 is 0 Å². The first kappa shape index (κ1) is 23.9. The number of benzene rings is 2. The van der Waals surface area contributed by atoms with E-state index in [1.54, 1.807) is 66.1 Å². The van der Waals surface area contributed by atoms with Crippen LogP contribution in [0.2, 0.25) is 0 Å². The Morgan fingerprint density at radius 1 is 0.914 bits per heavy atom. The molecule has 0 radical (unpaired) electrons. The monoisotopic (exact) mass is 488 g/mol. The second kappa shape index (κ2) is 11.3. The van der Waals surface area contributed by atoms with E-state index in [4.69, 9.17) is 4.42 Å². The van der Waals surface area contributed by atoms with Gasteiger partial charge in [0.2, 0.25) is 5.91 Å². The zero-order chi connectivity index (χ0) is 24.6. The van der Waals surface area contributed by atoms with Crippen LogP contribution in [0.25, 0.3) is 0 Å². The summed E-state index contributed by atoms with van der Waals surface area (Å²) in [5.41, 5.74) is 2.54. The number of aromatic nitrogens is 1. The van der Waals surface area contributed by atoms with Gasteiger partial charge in [0.1, 0.15) is 5.76 Å². The third kappa shape index (κ3) is 6.42. The molecule has 0 spiro atoms. The lowest BCUT2D eigenvalue weighted by atomic mass is 10.1. The molecule has 0 fully saturated rings. The molecule has 2 aromatic carbocycles. The summed E-state index contributed by atoms with van der Waals surface area (Å²) in [6.07, 6.45) is 1.65. The highest BCUT2D eigenvalue weighted by Gasteiger charge is 2.19. The number of thiazole rings is 1. The Morgan fingerprint density at radius 3 is 2.34 bits per heavy atom. The van der Waals surface area contributed by atoms with Crippen molar-refractivity contribution in [3.63, 3.8) is 0 Å². The van der Waals surface area contributed by atoms with Gasteiger partial charge in [0.15, 0.2) is 5.13 Å². The van der Waals surface area contributed by atoms with Crippen molar-refractivity contribution in [2.45, 2.75) is 19.5 Å². The minimum absolute atomic E-state index is 0.0781. The Bertz CT molecular complexity index is 1280. The van der Waals surface area contributed by atoms with Crippen molar-refractivity contribution in [2.24, 2.45) is 0 Å². The van der Waals surface area contributed by atoms with Crippen molar-refractivity contribution < 1.29 is 18.8 Å².